The van der Waals surface area contributed by atoms with Crippen LogP contribution in [0.3, 0.4) is 0 Å². The molecule has 1 atom stereocenters. The number of aromatic nitrogens is 1. The van der Waals surface area contributed by atoms with Gasteiger partial charge in [-0.15, -0.1) is 0 Å². The first kappa shape index (κ1) is 12.0. The fourth-order valence-corrected chi connectivity index (χ4v) is 1.89. The zero-order valence-electron chi connectivity index (χ0n) is 9.73. The monoisotopic (exact) mass is 208 g/mol. The van der Waals surface area contributed by atoms with Crippen LogP contribution in [-0.4, -0.2) is 12.1 Å². The predicted octanol–water partition coefficient (Wildman–Crippen LogP) is 2.53. The van der Waals surface area contributed by atoms with Crippen LogP contribution in [0.1, 0.15) is 38.3 Å². The minimum Gasteiger partial charge on any atom is -0.495 e. The fraction of sp³-hybridized carbons (Fsp3) is 0.583. The van der Waals surface area contributed by atoms with Crippen molar-refractivity contribution >= 4 is 0 Å². The second-order valence-corrected chi connectivity index (χ2v) is 3.72. The summed E-state index contributed by atoms with van der Waals surface area (Å²) in [6.07, 6.45) is 5.66. The van der Waals surface area contributed by atoms with Gasteiger partial charge in [0, 0.05) is 17.8 Å². The van der Waals surface area contributed by atoms with E-state index in [4.69, 9.17) is 10.5 Å². The first-order valence-corrected chi connectivity index (χ1v) is 5.48. The number of hydrogen-bond donors (Lipinski definition) is 1. The summed E-state index contributed by atoms with van der Waals surface area (Å²) in [6.45, 7) is 4.34. The highest BCUT2D eigenvalue weighted by Gasteiger charge is 2.19. The summed E-state index contributed by atoms with van der Waals surface area (Å²) in [7, 11) is 1.65. The Balaban J connectivity index is 2.93. The molecule has 0 radical (unpaired) electrons. The zero-order chi connectivity index (χ0) is 11.3. The molecule has 2 N–H and O–H groups in total. The Morgan fingerprint density at radius 2 is 2.07 bits per heavy atom. The normalized spacial score (nSPS) is 12.9. The summed E-state index contributed by atoms with van der Waals surface area (Å²) in [5, 5.41) is 0. The van der Waals surface area contributed by atoms with Gasteiger partial charge >= 0.3 is 0 Å². The van der Waals surface area contributed by atoms with Gasteiger partial charge in [0.2, 0.25) is 0 Å². The maximum absolute atomic E-state index is 6.23. The summed E-state index contributed by atoms with van der Waals surface area (Å²) in [4.78, 5) is 4.03. The van der Waals surface area contributed by atoms with E-state index in [0.29, 0.717) is 5.92 Å². The van der Waals surface area contributed by atoms with Crippen molar-refractivity contribution in [3.8, 4) is 5.75 Å². The van der Waals surface area contributed by atoms with E-state index in [1.54, 1.807) is 19.5 Å². The van der Waals surface area contributed by atoms with Gasteiger partial charge in [0.25, 0.3) is 0 Å². The Bertz CT molecular complexity index is 297. The van der Waals surface area contributed by atoms with Crippen molar-refractivity contribution in [1.29, 1.82) is 0 Å². The first-order chi connectivity index (χ1) is 7.24. The van der Waals surface area contributed by atoms with Crippen molar-refractivity contribution in [2.75, 3.05) is 7.11 Å². The molecule has 1 rings (SSSR count). The van der Waals surface area contributed by atoms with Gasteiger partial charge in [-0.05, 0) is 12.0 Å². The van der Waals surface area contributed by atoms with Crippen LogP contribution in [-0.2, 0) is 0 Å². The van der Waals surface area contributed by atoms with Gasteiger partial charge in [0.15, 0.2) is 0 Å². The second-order valence-electron chi connectivity index (χ2n) is 3.72. The molecule has 0 aromatic carbocycles. The molecule has 1 unspecified atom stereocenters. The number of ether oxygens (including phenoxy) is 1. The highest BCUT2D eigenvalue weighted by Crippen LogP contribution is 2.30. The molecule has 3 heteroatoms. The van der Waals surface area contributed by atoms with E-state index in [1.807, 2.05) is 6.07 Å². The summed E-state index contributed by atoms with van der Waals surface area (Å²) in [5.41, 5.74) is 7.29. The molecule has 1 heterocycles. The first-order valence-electron chi connectivity index (χ1n) is 5.48. The number of nitrogens with zero attached hydrogens (tertiary/aromatic N) is 1. The third-order valence-electron chi connectivity index (χ3n) is 2.95. The molecule has 0 aliphatic rings. The molecule has 1 aromatic rings. The summed E-state index contributed by atoms with van der Waals surface area (Å²) >= 11 is 0. The maximum Gasteiger partial charge on any atom is 0.141 e. The van der Waals surface area contributed by atoms with Crippen LogP contribution in [0.25, 0.3) is 0 Å². The summed E-state index contributed by atoms with van der Waals surface area (Å²) in [5.74, 6) is 1.29. The Morgan fingerprint density at radius 3 is 2.60 bits per heavy atom. The molecule has 0 aliphatic heterocycles. The number of pyridine rings is 1. The average Bonchev–Trinajstić information content (AvgIpc) is 2.30. The van der Waals surface area contributed by atoms with E-state index in [9.17, 15) is 0 Å². The van der Waals surface area contributed by atoms with Gasteiger partial charge in [-0.1, -0.05) is 26.7 Å². The number of rotatable bonds is 5. The quantitative estimate of drug-likeness (QED) is 0.808. The van der Waals surface area contributed by atoms with Gasteiger partial charge in [-0.25, -0.2) is 0 Å². The Morgan fingerprint density at radius 1 is 1.40 bits per heavy atom. The zero-order valence-corrected chi connectivity index (χ0v) is 9.73. The SMILES string of the molecule is CCC(CC)C(N)c1ccncc1OC. The predicted molar refractivity (Wildman–Crippen MR) is 61.8 cm³/mol. The van der Waals surface area contributed by atoms with Crippen molar-refractivity contribution < 1.29 is 4.74 Å². The van der Waals surface area contributed by atoms with Crippen molar-refractivity contribution in [3.63, 3.8) is 0 Å². The van der Waals surface area contributed by atoms with E-state index in [0.717, 1.165) is 24.2 Å². The smallest absolute Gasteiger partial charge is 0.141 e. The Kier molecular flexibility index (Phi) is 4.56. The highest BCUT2D eigenvalue weighted by atomic mass is 16.5. The molecule has 0 aliphatic carbocycles. The van der Waals surface area contributed by atoms with Gasteiger partial charge in [-0.3, -0.25) is 4.98 Å². The third-order valence-corrected chi connectivity index (χ3v) is 2.95. The number of hydrogen-bond acceptors (Lipinski definition) is 3. The third kappa shape index (κ3) is 2.69. The molecule has 3 nitrogen and oxygen atoms in total. The molecule has 0 spiro atoms. The largest absolute Gasteiger partial charge is 0.495 e. The fourth-order valence-electron chi connectivity index (χ4n) is 1.89. The van der Waals surface area contributed by atoms with Crippen molar-refractivity contribution in [2.24, 2.45) is 11.7 Å². The van der Waals surface area contributed by atoms with Crippen molar-refractivity contribution in [1.82, 2.24) is 4.98 Å². The molecular weight excluding hydrogens is 188 g/mol. The van der Waals surface area contributed by atoms with Crippen molar-refractivity contribution in [3.05, 3.63) is 24.0 Å². The summed E-state index contributed by atoms with van der Waals surface area (Å²) in [6, 6.07) is 1.99. The molecule has 84 valence electrons. The molecule has 0 bridgehead atoms. The Labute approximate surface area is 91.7 Å². The molecule has 0 fully saturated rings. The van der Waals surface area contributed by atoms with E-state index >= 15 is 0 Å². The van der Waals surface area contributed by atoms with E-state index in [1.165, 1.54) is 0 Å². The molecular formula is C12H20N2O. The molecule has 0 saturated carbocycles. The van der Waals surface area contributed by atoms with Crippen LogP contribution < -0.4 is 10.5 Å². The minimum atomic E-state index is 0.0398. The standard InChI is InChI=1S/C12H20N2O/c1-4-9(5-2)12(13)10-6-7-14-8-11(10)15-3/h6-9,12H,4-5,13H2,1-3H3. The van der Waals surface area contributed by atoms with Crippen LogP contribution in [0.5, 0.6) is 5.75 Å². The lowest BCUT2D eigenvalue weighted by Crippen LogP contribution is -2.21. The minimum absolute atomic E-state index is 0.0398. The topological polar surface area (TPSA) is 48.1 Å². The molecule has 0 amide bonds. The van der Waals surface area contributed by atoms with E-state index < -0.39 is 0 Å². The lowest BCUT2D eigenvalue weighted by Gasteiger charge is -2.22. The van der Waals surface area contributed by atoms with Gasteiger partial charge in [-0.2, -0.15) is 0 Å². The molecule has 1 aromatic heterocycles. The van der Waals surface area contributed by atoms with Crippen LogP contribution >= 0.6 is 0 Å². The average molecular weight is 208 g/mol. The van der Waals surface area contributed by atoms with Crippen LogP contribution in [0.4, 0.5) is 0 Å². The second kappa shape index (κ2) is 5.71. The van der Waals surface area contributed by atoms with E-state index in [-0.39, 0.29) is 6.04 Å². The van der Waals surface area contributed by atoms with Crippen molar-refractivity contribution in [2.45, 2.75) is 32.7 Å². The van der Waals surface area contributed by atoms with Crippen LogP contribution in [0.15, 0.2) is 18.5 Å². The summed E-state index contributed by atoms with van der Waals surface area (Å²) < 4.78 is 5.26. The maximum atomic E-state index is 6.23. The van der Waals surface area contributed by atoms with Crippen LogP contribution in [0, 0.1) is 5.92 Å². The molecule has 15 heavy (non-hydrogen) atoms. The lowest BCUT2D eigenvalue weighted by molar-refractivity contribution is 0.370. The molecule has 0 saturated heterocycles. The number of nitrogens with two attached hydrogens (primary N) is 1. The van der Waals surface area contributed by atoms with Gasteiger partial charge in [0.1, 0.15) is 5.75 Å². The number of methoxy groups -OCH3 is 1. The van der Waals surface area contributed by atoms with Gasteiger partial charge in [0.05, 0.1) is 13.3 Å². The Hall–Kier alpha value is -1.09. The van der Waals surface area contributed by atoms with E-state index in [2.05, 4.69) is 18.8 Å². The lowest BCUT2D eigenvalue weighted by atomic mass is 9.90. The van der Waals surface area contributed by atoms with Gasteiger partial charge < -0.3 is 10.5 Å². The van der Waals surface area contributed by atoms with Crippen LogP contribution in [0.2, 0.25) is 0 Å². The highest BCUT2D eigenvalue weighted by molar-refractivity contribution is 5.32.